The number of aromatic nitrogens is 1. The molecule has 0 bridgehead atoms. The first-order chi connectivity index (χ1) is 12.1. The van der Waals surface area contributed by atoms with Gasteiger partial charge in [-0.2, -0.15) is 15.0 Å². The number of phenolic OH excluding ortho intramolecular Hbond substituents is 2. The van der Waals surface area contributed by atoms with E-state index in [-0.39, 0.29) is 22.2 Å². The van der Waals surface area contributed by atoms with Crippen LogP contribution < -0.4 is 10.5 Å². The lowest BCUT2D eigenvalue weighted by molar-refractivity contribution is 0.474. The van der Waals surface area contributed by atoms with Crippen LogP contribution >= 0.6 is 11.3 Å². The molecule has 2 aromatic carbocycles. The van der Waals surface area contributed by atoms with Crippen molar-refractivity contribution in [2.24, 2.45) is 10.1 Å². The minimum Gasteiger partial charge on any atom is -0.507 e. The zero-order valence-corrected chi connectivity index (χ0v) is 13.7. The number of para-hydroxylation sites is 3. The molecule has 0 aliphatic rings. The molecule has 0 unspecified atom stereocenters. The Morgan fingerprint density at radius 2 is 1.76 bits per heavy atom. The van der Waals surface area contributed by atoms with Crippen molar-refractivity contribution in [2.45, 2.75) is 0 Å². The second-order valence-electron chi connectivity index (χ2n) is 4.93. The van der Waals surface area contributed by atoms with Gasteiger partial charge in [0.15, 0.2) is 5.69 Å². The standard InChI is InChI=1S/C17H13N5O2S/c18-9-13-16(19)25-17(21-12-6-2-4-8-15(12)24)22(13)20-10-11-5-1-3-7-14(11)23/h1-8,10,23-24H,19H2/b20-10+,21-17?. The molecule has 0 fully saturated rings. The second kappa shape index (κ2) is 6.90. The summed E-state index contributed by atoms with van der Waals surface area (Å²) < 4.78 is 1.28. The molecule has 1 heterocycles. The molecule has 0 aliphatic heterocycles. The van der Waals surface area contributed by atoms with Crippen LogP contribution in [-0.2, 0) is 0 Å². The fraction of sp³-hybridized carbons (Fsp3) is 0. The van der Waals surface area contributed by atoms with E-state index in [0.717, 1.165) is 11.3 Å². The van der Waals surface area contributed by atoms with Crippen LogP contribution in [-0.4, -0.2) is 21.1 Å². The van der Waals surface area contributed by atoms with Crippen molar-refractivity contribution >= 4 is 28.2 Å². The van der Waals surface area contributed by atoms with E-state index in [2.05, 4.69) is 10.1 Å². The molecule has 0 radical (unpaired) electrons. The van der Waals surface area contributed by atoms with Gasteiger partial charge in [-0.3, -0.25) is 0 Å². The van der Waals surface area contributed by atoms with Gasteiger partial charge in [0.05, 0.1) is 6.21 Å². The summed E-state index contributed by atoms with van der Waals surface area (Å²) in [4.78, 5) is 4.65. The molecule has 1 aromatic heterocycles. The van der Waals surface area contributed by atoms with Crippen molar-refractivity contribution in [3.05, 3.63) is 64.6 Å². The summed E-state index contributed by atoms with van der Waals surface area (Å²) in [5.41, 5.74) is 6.82. The fourth-order valence-corrected chi connectivity index (χ4v) is 2.84. The molecule has 4 N–H and O–H groups in total. The molecule has 25 heavy (non-hydrogen) atoms. The van der Waals surface area contributed by atoms with Gasteiger partial charge in [0.1, 0.15) is 28.3 Å². The Balaban J connectivity index is 2.15. The molecule has 0 saturated carbocycles. The number of benzene rings is 2. The zero-order valence-electron chi connectivity index (χ0n) is 12.9. The molecule has 0 spiro atoms. The monoisotopic (exact) mass is 351 g/mol. The Morgan fingerprint density at radius 3 is 2.44 bits per heavy atom. The van der Waals surface area contributed by atoms with Gasteiger partial charge < -0.3 is 15.9 Å². The summed E-state index contributed by atoms with van der Waals surface area (Å²) in [6.07, 6.45) is 1.41. The topological polar surface area (TPSA) is 120 Å². The predicted molar refractivity (Wildman–Crippen MR) is 95.9 cm³/mol. The number of nitrogens with zero attached hydrogens (tertiary/aromatic N) is 4. The van der Waals surface area contributed by atoms with Crippen molar-refractivity contribution in [3.63, 3.8) is 0 Å². The molecule has 0 atom stereocenters. The number of hydrogen-bond acceptors (Lipinski definition) is 7. The van der Waals surface area contributed by atoms with E-state index in [4.69, 9.17) is 5.73 Å². The second-order valence-corrected chi connectivity index (χ2v) is 5.93. The average Bonchev–Trinajstić information content (AvgIpc) is 2.90. The zero-order chi connectivity index (χ0) is 17.8. The number of nitriles is 1. The number of rotatable bonds is 3. The van der Waals surface area contributed by atoms with Crippen LogP contribution in [0.1, 0.15) is 11.3 Å². The third kappa shape index (κ3) is 3.36. The highest BCUT2D eigenvalue weighted by Gasteiger charge is 2.11. The Bertz CT molecular complexity index is 1060. The summed E-state index contributed by atoms with van der Waals surface area (Å²) in [7, 11) is 0. The largest absolute Gasteiger partial charge is 0.507 e. The number of nitrogens with two attached hydrogens (primary N) is 1. The quantitative estimate of drug-likeness (QED) is 0.628. The highest BCUT2D eigenvalue weighted by molar-refractivity contribution is 7.13. The normalized spacial score (nSPS) is 11.7. The SMILES string of the molecule is N#Cc1c(N)sc(=Nc2ccccc2O)n1/N=C/c1ccccc1O. The van der Waals surface area contributed by atoms with Gasteiger partial charge in [0, 0.05) is 5.56 Å². The van der Waals surface area contributed by atoms with Crippen LogP contribution in [0, 0.1) is 11.3 Å². The van der Waals surface area contributed by atoms with E-state index in [0.29, 0.717) is 16.1 Å². The maximum absolute atomic E-state index is 9.87. The van der Waals surface area contributed by atoms with Crippen molar-refractivity contribution in [2.75, 3.05) is 5.73 Å². The summed E-state index contributed by atoms with van der Waals surface area (Å²) in [6, 6.07) is 15.2. The van der Waals surface area contributed by atoms with Gasteiger partial charge in [-0.05, 0) is 24.3 Å². The molecule has 7 nitrogen and oxygen atoms in total. The van der Waals surface area contributed by atoms with Gasteiger partial charge in [0.2, 0.25) is 4.80 Å². The molecule has 0 amide bonds. The van der Waals surface area contributed by atoms with Crippen molar-refractivity contribution < 1.29 is 10.2 Å². The van der Waals surface area contributed by atoms with Crippen LogP contribution in [0.4, 0.5) is 10.7 Å². The highest BCUT2D eigenvalue weighted by atomic mass is 32.1. The van der Waals surface area contributed by atoms with Crippen LogP contribution in [0.25, 0.3) is 0 Å². The third-order valence-corrected chi connectivity index (χ3v) is 4.14. The fourth-order valence-electron chi connectivity index (χ4n) is 2.05. The first-order valence-corrected chi connectivity index (χ1v) is 7.98. The molecule has 3 rings (SSSR count). The van der Waals surface area contributed by atoms with Gasteiger partial charge >= 0.3 is 0 Å². The average molecular weight is 351 g/mol. The maximum Gasteiger partial charge on any atom is 0.214 e. The predicted octanol–water partition coefficient (Wildman–Crippen LogP) is 2.53. The van der Waals surface area contributed by atoms with E-state index in [1.807, 2.05) is 6.07 Å². The van der Waals surface area contributed by atoms with E-state index in [9.17, 15) is 15.5 Å². The minimum absolute atomic E-state index is 0.00390. The van der Waals surface area contributed by atoms with Crippen LogP contribution in [0.5, 0.6) is 11.5 Å². The van der Waals surface area contributed by atoms with Gasteiger partial charge in [-0.25, -0.2) is 4.99 Å². The molecular weight excluding hydrogens is 338 g/mol. The summed E-state index contributed by atoms with van der Waals surface area (Å²) in [5.74, 6) is 0.0666. The molecule has 0 aliphatic carbocycles. The summed E-state index contributed by atoms with van der Waals surface area (Å²) >= 11 is 1.07. The summed E-state index contributed by atoms with van der Waals surface area (Å²) in [6.45, 7) is 0. The van der Waals surface area contributed by atoms with Crippen molar-refractivity contribution in [1.29, 1.82) is 5.26 Å². The summed E-state index contributed by atoms with van der Waals surface area (Å²) in [5, 5.41) is 33.5. The van der Waals surface area contributed by atoms with Gasteiger partial charge in [-0.15, -0.1) is 0 Å². The maximum atomic E-state index is 9.87. The Morgan fingerprint density at radius 1 is 1.08 bits per heavy atom. The smallest absolute Gasteiger partial charge is 0.214 e. The number of nitrogen functional groups attached to an aromatic ring is 1. The Labute approximate surface area is 146 Å². The minimum atomic E-state index is 0.00390. The third-order valence-electron chi connectivity index (χ3n) is 3.28. The Kier molecular flexibility index (Phi) is 4.50. The first-order valence-electron chi connectivity index (χ1n) is 7.16. The number of phenols is 2. The van der Waals surface area contributed by atoms with Crippen LogP contribution in [0.15, 0.2) is 58.6 Å². The van der Waals surface area contributed by atoms with Crippen molar-refractivity contribution in [1.82, 2.24) is 4.68 Å². The number of hydrogen-bond donors (Lipinski definition) is 3. The lowest BCUT2D eigenvalue weighted by Gasteiger charge is -2.00. The number of aromatic hydroxyl groups is 2. The lowest BCUT2D eigenvalue weighted by atomic mass is 10.2. The Hall–Kier alpha value is -3.57. The van der Waals surface area contributed by atoms with Gasteiger partial charge in [-0.1, -0.05) is 35.6 Å². The van der Waals surface area contributed by atoms with Crippen molar-refractivity contribution in [3.8, 4) is 17.6 Å². The van der Waals surface area contributed by atoms with Crippen LogP contribution in [0.2, 0.25) is 0 Å². The van der Waals surface area contributed by atoms with E-state index >= 15 is 0 Å². The number of thiazole rings is 1. The molecule has 124 valence electrons. The van der Waals surface area contributed by atoms with E-state index in [1.54, 1.807) is 36.4 Å². The molecule has 3 aromatic rings. The lowest BCUT2D eigenvalue weighted by Crippen LogP contribution is -2.12. The van der Waals surface area contributed by atoms with E-state index in [1.165, 1.54) is 23.0 Å². The highest BCUT2D eigenvalue weighted by Crippen LogP contribution is 2.25. The van der Waals surface area contributed by atoms with E-state index < -0.39 is 0 Å². The first kappa shape index (κ1) is 16.3. The molecular formula is C17H13N5O2S. The van der Waals surface area contributed by atoms with Gasteiger partial charge in [0.25, 0.3) is 0 Å². The molecule has 0 saturated heterocycles. The molecule has 8 heteroatoms. The van der Waals surface area contributed by atoms with Crippen LogP contribution in [0.3, 0.4) is 0 Å². The number of anilines is 1.